The van der Waals surface area contributed by atoms with E-state index in [2.05, 4.69) is 0 Å². The number of benzene rings is 1. The zero-order chi connectivity index (χ0) is 18.1. The van der Waals surface area contributed by atoms with Gasteiger partial charge in [-0.05, 0) is 55.4 Å². The molecule has 2 heterocycles. The normalized spacial score (nSPS) is 17.6. The molecule has 0 bridgehead atoms. The summed E-state index contributed by atoms with van der Waals surface area (Å²) < 4.78 is 5.76. The van der Waals surface area contributed by atoms with Crippen molar-refractivity contribution >= 4 is 52.2 Å². The summed E-state index contributed by atoms with van der Waals surface area (Å²) in [6, 6.07) is 8.61. The zero-order valence-corrected chi connectivity index (χ0v) is 15.9. The van der Waals surface area contributed by atoms with E-state index in [1.807, 2.05) is 13.8 Å². The van der Waals surface area contributed by atoms with E-state index in [1.54, 1.807) is 36.4 Å². The highest BCUT2D eigenvalue weighted by molar-refractivity contribution is 8.18. The number of nitrogens with zero attached hydrogens (tertiary/aromatic N) is 1. The maximum Gasteiger partial charge on any atom is 0.293 e. The van der Waals surface area contributed by atoms with Crippen LogP contribution in [0.3, 0.4) is 0 Å². The first kappa shape index (κ1) is 18.1. The summed E-state index contributed by atoms with van der Waals surface area (Å²) in [6.07, 6.45) is 2.31. The summed E-state index contributed by atoms with van der Waals surface area (Å²) in [5.41, 5.74) is 0.779. The third kappa shape index (κ3) is 3.64. The second-order valence-corrected chi connectivity index (χ2v) is 7.45. The van der Waals surface area contributed by atoms with Crippen LogP contribution in [0.4, 0.5) is 4.79 Å². The second kappa shape index (κ2) is 7.28. The Morgan fingerprint density at radius 1 is 1.20 bits per heavy atom. The molecule has 0 aliphatic carbocycles. The molecule has 1 fully saturated rings. The average Bonchev–Trinajstić information content (AvgIpc) is 3.15. The molecule has 0 saturated carbocycles. The molecule has 25 heavy (non-hydrogen) atoms. The highest BCUT2D eigenvalue weighted by Crippen LogP contribution is 2.35. The van der Waals surface area contributed by atoms with Gasteiger partial charge in [0.1, 0.15) is 11.5 Å². The summed E-state index contributed by atoms with van der Waals surface area (Å²) >= 11 is 12.9. The Balaban J connectivity index is 1.86. The van der Waals surface area contributed by atoms with E-state index >= 15 is 0 Å². The SMILES string of the molecule is CC[C@H](C)N1C(=O)S/C(=C\c2ccc(-c3ccc(Cl)c(Cl)c3)o2)C1=O. The van der Waals surface area contributed by atoms with E-state index in [0.717, 1.165) is 17.3 Å². The molecular weight excluding hydrogens is 381 g/mol. The number of imide groups is 1. The number of hydrogen-bond donors (Lipinski definition) is 0. The Kier molecular flexibility index (Phi) is 5.27. The third-order valence-electron chi connectivity index (χ3n) is 3.96. The minimum atomic E-state index is -0.281. The molecule has 1 aliphatic rings. The van der Waals surface area contributed by atoms with Gasteiger partial charge in [0.15, 0.2) is 0 Å². The van der Waals surface area contributed by atoms with Gasteiger partial charge in [-0.25, -0.2) is 0 Å². The Morgan fingerprint density at radius 3 is 2.64 bits per heavy atom. The molecule has 130 valence electrons. The van der Waals surface area contributed by atoms with Crippen molar-refractivity contribution in [3.63, 3.8) is 0 Å². The third-order valence-corrected chi connectivity index (χ3v) is 5.58. The first-order valence-electron chi connectivity index (χ1n) is 7.73. The van der Waals surface area contributed by atoms with Crippen molar-refractivity contribution in [3.05, 3.63) is 51.0 Å². The molecule has 2 aromatic rings. The van der Waals surface area contributed by atoms with E-state index in [1.165, 1.54) is 4.90 Å². The lowest BCUT2D eigenvalue weighted by Gasteiger charge is -2.19. The van der Waals surface area contributed by atoms with E-state index in [0.29, 0.717) is 32.9 Å². The van der Waals surface area contributed by atoms with Crippen LogP contribution in [0.15, 0.2) is 39.7 Å². The highest BCUT2D eigenvalue weighted by atomic mass is 35.5. The molecule has 0 spiro atoms. The first-order valence-corrected chi connectivity index (χ1v) is 9.30. The molecule has 7 heteroatoms. The summed E-state index contributed by atoms with van der Waals surface area (Å²) in [5.74, 6) is 0.818. The molecule has 0 N–H and O–H groups in total. The van der Waals surface area contributed by atoms with E-state index in [9.17, 15) is 9.59 Å². The van der Waals surface area contributed by atoms with Gasteiger partial charge in [0.2, 0.25) is 0 Å². The van der Waals surface area contributed by atoms with Crippen molar-refractivity contribution in [1.29, 1.82) is 0 Å². The standard InChI is InChI=1S/C18H15Cl2NO3S/c1-3-10(2)21-17(22)16(25-18(21)23)9-12-5-7-15(24-12)11-4-6-13(19)14(20)8-11/h4-10H,3H2,1-2H3/b16-9-/t10-/m0/s1. The number of halogens is 2. The van der Waals surface area contributed by atoms with E-state index in [4.69, 9.17) is 27.6 Å². The predicted octanol–water partition coefficient (Wildman–Crippen LogP) is 6.09. The minimum Gasteiger partial charge on any atom is -0.457 e. The Labute approximate surface area is 159 Å². The number of hydrogen-bond acceptors (Lipinski definition) is 4. The molecule has 4 nitrogen and oxygen atoms in total. The van der Waals surface area contributed by atoms with Crippen molar-refractivity contribution in [2.45, 2.75) is 26.3 Å². The molecule has 2 amide bonds. The van der Waals surface area contributed by atoms with Crippen LogP contribution in [-0.2, 0) is 4.79 Å². The molecule has 1 aromatic heterocycles. The predicted molar refractivity (Wildman–Crippen MR) is 102 cm³/mol. The molecule has 1 aromatic carbocycles. The van der Waals surface area contributed by atoms with Gasteiger partial charge in [0.25, 0.3) is 11.1 Å². The van der Waals surface area contributed by atoms with Gasteiger partial charge in [-0.1, -0.05) is 30.1 Å². The number of furan rings is 1. The second-order valence-electron chi connectivity index (χ2n) is 5.64. The number of thioether (sulfide) groups is 1. The van der Waals surface area contributed by atoms with Crippen LogP contribution >= 0.6 is 35.0 Å². The largest absolute Gasteiger partial charge is 0.457 e. The van der Waals surface area contributed by atoms with Crippen LogP contribution in [0.25, 0.3) is 17.4 Å². The van der Waals surface area contributed by atoms with Gasteiger partial charge in [-0.15, -0.1) is 0 Å². The fraction of sp³-hybridized carbons (Fsp3) is 0.222. The van der Waals surface area contributed by atoms with Gasteiger partial charge in [-0.3, -0.25) is 14.5 Å². The van der Waals surface area contributed by atoms with Crippen LogP contribution in [0, 0.1) is 0 Å². The smallest absolute Gasteiger partial charge is 0.293 e. The molecule has 1 aliphatic heterocycles. The number of carbonyl (C=O) groups excluding carboxylic acids is 2. The summed E-state index contributed by atoms with van der Waals surface area (Å²) in [6.45, 7) is 3.79. The summed E-state index contributed by atoms with van der Waals surface area (Å²) in [4.78, 5) is 26.1. The molecule has 0 radical (unpaired) electrons. The van der Waals surface area contributed by atoms with Crippen molar-refractivity contribution in [2.75, 3.05) is 0 Å². The zero-order valence-electron chi connectivity index (χ0n) is 13.6. The summed E-state index contributed by atoms with van der Waals surface area (Å²) in [5, 5.41) is 0.657. The molecule has 0 unspecified atom stereocenters. The van der Waals surface area contributed by atoms with Crippen molar-refractivity contribution in [3.8, 4) is 11.3 Å². The quantitative estimate of drug-likeness (QED) is 0.587. The fourth-order valence-electron chi connectivity index (χ4n) is 2.41. The lowest BCUT2D eigenvalue weighted by molar-refractivity contribution is -0.124. The minimum absolute atomic E-state index is 0.123. The van der Waals surface area contributed by atoms with Crippen LogP contribution in [0.5, 0.6) is 0 Å². The van der Waals surface area contributed by atoms with Crippen LogP contribution in [-0.4, -0.2) is 22.1 Å². The molecule has 1 saturated heterocycles. The number of amides is 2. The molecule has 3 rings (SSSR count). The maximum atomic E-state index is 12.4. The Hall–Kier alpha value is -1.69. The van der Waals surface area contributed by atoms with Crippen molar-refractivity contribution in [1.82, 2.24) is 4.90 Å². The van der Waals surface area contributed by atoms with Crippen LogP contribution in [0.1, 0.15) is 26.0 Å². The topological polar surface area (TPSA) is 50.5 Å². The van der Waals surface area contributed by atoms with Crippen molar-refractivity contribution < 1.29 is 14.0 Å². The molecule has 1 atom stereocenters. The summed E-state index contributed by atoms with van der Waals surface area (Å²) in [7, 11) is 0. The van der Waals surface area contributed by atoms with E-state index < -0.39 is 0 Å². The van der Waals surface area contributed by atoms with Gasteiger partial charge in [0, 0.05) is 17.7 Å². The lowest BCUT2D eigenvalue weighted by atomic mass is 10.2. The van der Waals surface area contributed by atoms with Gasteiger partial charge in [-0.2, -0.15) is 0 Å². The van der Waals surface area contributed by atoms with Gasteiger partial charge in [0.05, 0.1) is 15.0 Å². The maximum absolute atomic E-state index is 12.4. The first-order chi connectivity index (χ1) is 11.9. The average molecular weight is 396 g/mol. The Bertz CT molecular complexity index is 875. The van der Waals surface area contributed by atoms with Gasteiger partial charge >= 0.3 is 0 Å². The number of rotatable bonds is 4. The van der Waals surface area contributed by atoms with Crippen LogP contribution in [0.2, 0.25) is 10.0 Å². The lowest BCUT2D eigenvalue weighted by Crippen LogP contribution is -2.36. The monoisotopic (exact) mass is 395 g/mol. The van der Waals surface area contributed by atoms with Crippen molar-refractivity contribution in [2.24, 2.45) is 0 Å². The Morgan fingerprint density at radius 2 is 1.96 bits per heavy atom. The molecular formula is C18H15Cl2NO3S. The highest BCUT2D eigenvalue weighted by Gasteiger charge is 2.37. The van der Waals surface area contributed by atoms with Gasteiger partial charge < -0.3 is 4.42 Å². The number of carbonyl (C=O) groups is 2. The fourth-order valence-corrected chi connectivity index (χ4v) is 3.61. The van der Waals surface area contributed by atoms with Crippen LogP contribution < -0.4 is 0 Å². The van der Waals surface area contributed by atoms with E-state index in [-0.39, 0.29) is 17.2 Å².